The maximum atomic E-state index is 12.9. The molecule has 0 radical (unpaired) electrons. The highest BCUT2D eigenvalue weighted by Gasteiger charge is 2.14. The number of carbonyl (C=O) groups excluding carboxylic acids is 1. The van der Waals surface area contributed by atoms with Gasteiger partial charge in [-0.3, -0.25) is 14.2 Å². The first-order valence-electron chi connectivity index (χ1n) is 9.10. The molecule has 2 aromatic heterocycles. The van der Waals surface area contributed by atoms with Gasteiger partial charge in [-0.2, -0.15) is 0 Å². The highest BCUT2D eigenvalue weighted by Crippen LogP contribution is 2.21. The van der Waals surface area contributed by atoms with E-state index in [1.54, 1.807) is 4.57 Å². The largest absolute Gasteiger partial charge is 0.355 e. The van der Waals surface area contributed by atoms with Gasteiger partial charge in [0, 0.05) is 13.1 Å². The number of unbranched alkanes of at least 4 members (excludes halogenated alkanes) is 1. The molecular formula is C20H23N3O2S2. The summed E-state index contributed by atoms with van der Waals surface area (Å²) < 4.78 is 2.37. The minimum atomic E-state index is -0.0279. The number of aromatic nitrogens is 2. The van der Waals surface area contributed by atoms with Crippen molar-refractivity contribution in [3.05, 3.63) is 57.7 Å². The molecule has 0 saturated heterocycles. The Kier molecular flexibility index (Phi) is 7.06. The zero-order chi connectivity index (χ0) is 19.1. The van der Waals surface area contributed by atoms with Crippen molar-refractivity contribution in [2.24, 2.45) is 0 Å². The minimum Gasteiger partial charge on any atom is -0.355 e. The number of thioether (sulfide) groups is 1. The third kappa shape index (κ3) is 5.20. The lowest BCUT2D eigenvalue weighted by Crippen LogP contribution is -2.27. The van der Waals surface area contributed by atoms with Gasteiger partial charge in [0.2, 0.25) is 5.91 Å². The summed E-state index contributed by atoms with van der Waals surface area (Å²) >= 11 is 2.74. The fourth-order valence-electron chi connectivity index (χ4n) is 2.70. The molecule has 7 heteroatoms. The number of thiophene rings is 1. The van der Waals surface area contributed by atoms with Gasteiger partial charge in [-0.25, -0.2) is 4.98 Å². The Balaban J connectivity index is 1.77. The van der Waals surface area contributed by atoms with Crippen molar-refractivity contribution in [2.75, 3.05) is 12.3 Å². The molecule has 27 heavy (non-hydrogen) atoms. The van der Waals surface area contributed by atoms with Crippen molar-refractivity contribution >= 4 is 39.2 Å². The quantitative estimate of drug-likeness (QED) is 0.337. The smallest absolute Gasteiger partial charge is 0.272 e. The number of amides is 1. The van der Waals surface area contributed by atoms with Gasteiger partial charge in [0.15, 0.2) is 5.16 Å². The molecule has 1 amide bonds. The summed E-state index contributed by atoms with van der Waals surface area (Å²) in [5.41, 5.74) is 1.85. The van der Waals surface area contributed by atoms with Crippen LogP contribution in [-0.4, -0.2) is 27.8 Å². The van der Waals surface area contributed by atoms with E-state index in [0.717, 1.165) is 19.3 Å². The van der Waals surface area contributed by atoms with Crippen molar-refractivity contribution in [1.29, 1.82) is 0 Å². The second-order valence-electron chi connectivity index (χ2n) is 6.21. The average Bonchev–Trinajstić information content (AvgIpc) is 3.16. The van der Waals surface area contributed by atoms with Crippen molar-refractivity contribution in [3.63, 3.8) is 0 Å². The molecule has 1 aromatic carbocycles. The first-order valence-corrected chi connectivity index (χ1v) is 11.0. The van der Waals surface area contributed by atoms with E-state index in [-0.39, 0.29) is 17.2 Å². The van der Waals surface area contributed by atoms with Crippen LogP contribution in [0.5, 0.6) is 0 Å². The number of carbonyl (C=O) groups is 1. The van der Waals surface area contributed by atoms with E-state index in [9.17, 15) is 9.59 Å². The number of rotatable bonds is 9. The van der Waals surface area contributed by atoms with Crippen molar-refractivity contribution in [1.82, 2.24) is 14.9 Å². The first kappa shape index (κ1) is 19.6. The summed E-state index contributed by atoms with van der Waals surface area (Å²) in [5, 5.41) is 5.39. The van der Waals surface area contributed by atoms with Gasteiger partial charge in [0.1, 0.15) is 4.70 Å². The third-order valence-electron chi connectivity index (χ3n) is 4.18. The highest BCUT2D eigenvalue weighted by atomic mass is 32.2. The van der Waals surface area contributed by atoms with Crippen LogP contribution < -0.4 is 10.9 Å². The van der Waals surface area contributed by atoms with Crippen LogP contribution in [0.25, 0.3) is 10.2 Å². The Bertz CT molecular complexity index is 951. The van der Waals surface area contributed by atoms with Crippen LogP contribution in [0, 0.1) is 0 Å². The fourth-order valence-corrected chi connectivity index (χ4v) is 4.34. The molecule has 0 fully saturated rings. The number of hydrogen-bond donors (Lipinski definition) is 1. The molecule has 3 aromatic rings. The van der Waals surface area contributed by atoms with Crippen molar-refractivity contribution < 1.29 is 4.79 Å². The number of hydrogen-bond acceptors (Lipinski definition) is 5. The van der Waals surface area contributed by atoms with Crippen LogP contribution in [0.1, 0.15) is 25.3 Å². The van der Waals surface area contributed by atoms with E-state index >= 15 is 0 Å². The maximum absolute atomic E-state index is 12.9. The summed E-state index contributed by atoms with van der Waals surface area (Å²) in [5.74, 6) is 0.236. The van der Waals surface area contributed by atoms with Gasteiger partial charge in [0.05, 0.1) is 11.3 Å². The van der Waals surface area contributed by atoms with Gasteiger partial charge in [-0.15, -0.1) is 11.3 Å². The summed E-state index contributed by atoms with van der Waals surface area (Å²) in [6, 6.07) is 11.9. The standard InChI is InChI=1S/C20H23N3O2S2/c1-2-3-11-21-17(24)14-27-20-22-16-10-13-26-18(16)19(25)23(20)12-9-15-7-5-4-6-8-15/h4-8,10,13H,2-3,9,11-12,14H2,1H3,(H,21,24). The molecule has 5 nitrogen and oxygen atoms in total. The Morgan fingerprint density at radius 2 is 2.07 bits per heavy atom. The SMILES string of the molecule is CCCCNC(=O)CSc1nc2ccsc2c(=O)n1CCc1ccccc1. The molecule has 0 saturated carbocycles. The first-order chi connectivity index (χ1) is 13.2. The van der Waals surface area contributed by atoms with Gasteiger partial charge in [-0.1, -0.05) is 55.4 Å². The van der Waals surface area contributed by atoms with Crippen LogP contribution in [0.4, 0.5) is 0 Å². The Morgan fingerprint density at radius 3 is 2.85 bits per heavy atom. The third-order valence-corrected chi connectivity index (χ3v) is 6.05. The van der Waals surface area contributed by atoms with E-state index in [0.29, 0.717) is 28.5 Å². The van der Waals surface area contributed by atoms with Gasteiger partial charge < -0.3 is 5.32 Å². The molecule has 0 unspecified atom stereocenters. The lowest BCUT2D eigenvalue weighted by atomic mass is 10.1. The Labute approximate surface area is 166 Å². The summed E-state index contributed by atoms with van der Waals surface area (Å²) in [6.07, 6.45) is 2.76. The Hall–Kier alpha value is -2.12. The second-order valence-corrected chi connectivity index (χ2v) is 8.07. The topological polar surface area (TPSA) is 64.0 Å². The highest BCUT2D eigenvalue weighted by molar-refractivity contribution is 7.99. The van der Waals surface area contributed by atoms with Crippen LogP contribution in [0.3, 0.4) is 0 Å². The predicted octanol–water partition coefficient (Wildman–Crippen LogP) is 3.71. The van der Waals surface area contributed by atoms with E-state index in [1.165, 1.54) is 28.7 Å². The van der Waals surface area contributed by atoms with Gasteiger partial charge in [0.25, 0.3) is 5.56 Å². The molecule has 2 heterocycles. The zero-order valence-electron chi connectivity index (χ0n) is 15.3. The normalized spacial score (nSPS) is 11.0. The summed E-state index contributed by atoms with van der Waals surface area (Å²) in [6.45, 7) is 3.32. The molecule has 1 N–H and O–H groups in total. The van der Waals surface area contributed by atoms with Crippen LogP contribution in [0.2, 0.25) is 0 Å². The van der Waals surface area contributed by atoms with Gasteiger partial charge >= 0.3 is 0 Å². The monoisotopic (exact) mass is 401 g/mol. The lowest BCUT2D eigenvalue weighted by molar-refractivity contribution is -0.118. The predicted molar refractivity (Wildman–Crippen MR) is 113 cm³/mol. The molecule has 0 spiro atoms. The second kappa shape index (κ2) is 9.71. The van der Waals surface area contributed by atoms with E-state index in [4.69, 9.17) is 0 Å². The Morgan fingerprint density at radius 1 is 1.26 bits per heavy atom. The van der Waals surface area contributed by atoms with Crippen molar-refractivity contribution in [2.45, 2.75) is 37.9 Å². The molecular weight excluding hydrogens is 378 g/mol. The number of nitrogens with one attached hydrogen (secondary N) is 1. The lowest BCUT2D eigenvalue weighted by Gasteiger charge is -2.12. The van der Waals surface area contributed by atoms with E-state index in [2.05, 4.69) is 29.4 Å². The van der Waals surface area contributed by atoms with Crippen LogP contribution in [-0.2, 0) is 17.8 Å². The van der Waals surface area contributed by atoms with Crippen molar-refractivity contribution in [3.8, 4) is 0 Å². The number of nitrogens with zero attached hydrogens (tertiary/aromatic N) is 2. The number of aryl methyl sites for hydroxylation is 1. The zero-order valence-corrected chi connectivity index (χ0v) is 16.9. The molecule has 0 aliphatic carbocycles. The summed E-state index contributed by atoms with van der Waals surface area (Å²) in [7, 11) is 0. The number of fused-ring (bicyclic) bond motifs is 1. The van der Waals surface area contributed by atoms with Gasteiger partial charge in [-0.05, 0) is 29.9 Å². The maximum Gasteiger partial charge on any atom is 0.272 e. The van der Waals surface area contributed by atoms with E-state index < -0.39 is 0 Å². The summed E-state index contributed by atoms with van der Waals surface area (Å²) in [4.78, 5) is 29.6. The molecule has 3 rings (SSSR count). The molecule has 0 aliphatic rings. The fraction of sp³-hybridized carbons (Fsp3) is 0.350. The molecule has 0 bridgehead atoms. The van der Waals surface area contributed by atoms with Crippen LogP contribution in [0.15, 0.2) is 51.7 Å². The average molecular weight is 402 g/mol. The van der Waals surface area contributed by atoms with E-state index in [1.807, 2.05) is 29.6 Å². The molecule has 0 atom stereocenters. The molecule has 142 valence electrons. The minimum absolute atomic E-state index is 0.0253. The molecule has 0 aliphatic heterocycles. The van der Waals surface area contributed by atoms with Crippen LogP contribution >= 0.6 is 23.1 Å². The number of benzene rings is 1.